The van der Waals surface area contributed by atoms with E-state index in [-0.39, 0.29) is 17.0 Å². The number of aromatic carboxylic acids is 1. The van der Waals surface area contributed by atoms with E-state index >= 15 is 0 Å². The maximum absolute atomic E-state index is 10.8. The van der Waals surface area contributed by atoms with Crippen molar-refractivity contribution in [2.75, 3.05) is 11.8 Å². The molecule has 0 aliphatic carbocycles. The highest BCUT2D eigenvalue weighted by molar-refractivity contribution is 7.90. The number of rotatable bonds is 4. The molecule has 0 aliphatic rings. The minimum Gasteiger partial charge on any atom is -0.495 e. The molecular formula is C8H10N2O5S. The Morgan fingerprint density at radius 2 is 2.12 bits per heavy atom. The van der Waals surface area contributed by atoms with Gasteiger partial charge in [0.25, 0.3) is 10.2 Å². The maximum Gasteiger partial charge on any atom is 0.335 e. The molecule has 0 radical (unpaired) electrons. The third-order valence-corrected chi connectivity index (χ3v) is 2.20. The van der Waals surface area contributed by atoms with Gasteiger partial charge in [0.1, 0.15) is 5.75 Å². The zero-order chi connectivity index (χ0) is 12.3. The molecule has 0 heterocycles. The van der Waals surface area contributed by atoms with Gasteiger partial charge in [-0.05, 0) is 18.2 Å². The van der Waals surface area contributed by atoms with Gasteiger partial charge in [0.2, 0.25) is 0 Å². The highest BCUT2D eigenvalue weighted by atomic mass is 32.2. The van der Waals surface area contributed by atoms with Crippen LogP contribution in [0.3, 0.4) is 0 Å². The van der Waals surface area contributed by atoms with Gasteiger partial charge in [-0.1, -0.05) is 0 Å². The lowest BCUT2D eigenvalue weighted by Gasteiger charge is -2.09. The number of ether oxygens (including phenoxy) is 1. The predicted octanol–water partition coefficient (Wildman–Crippen LogP) is 0.00880. The van der Waals surface area contributed by atoms with E-state index in [1.807, 2.05) is 4.72 Å². The molecule has 0 fully saturated rings. The Kier molecular flexibility index (Phi) is 3.35. The number of hydrogen-bond acceptors (Lipinski definition) is 4. The van der Waals surface area contributed by atoms with E-state index in [2.05, 4.69) is 0 Å². The summed E-state index contributed by atoms with van der Waals surface area (Å²) in [4.78, 5) is 10.7. The van der Waals surface area contributed by atoms with Crippen LogP contribution < -0.4 is 14.6 Å². The fraction of sp³-hybridized carbons (Fsp3) is 0.125. The number of benzene rings is 1. The highest BCUT2D eigenvalue weighted by Gasteiger charge is 2.12. The summed E-state index contributed by atoms with van der Waals surface area (Å²) in [5, 5.41) is 13.5. The lowest BCUT2D eigenvalue weighted by molar-refractivity contribution is 0.0697. The Morgan fingerprint density at radius 1 is 1.50 bits per heavy atom. The highest BCUT2D eigenvalue weighted by Crippen LogP contribution is 2.25. The van der Waals surface area contributed by atoms with Crippen molar-refractivity contribution >= 4 is 21.9 Å². The quantitative estimate of drug-likeness (QED) is 0.691. The van der Waals surface area contributed by atoms with Crippen molar-refractivity contribution in [2.24, 2.45) is 5.14 Å². The first-order valence-electron chi connectivity index (χ1n) is 4.05. The second-order valence-corrected chi connectivity index (χ2v) is 4.16. The van der Waals surface area contributed by atoms with Crippen molar-refractivity contribution in [1.29, 1.82) is 0 Å². The van der Waals surface area contributed by atoms with Gasteiger partial charge < -0.3 is 9.84 Å². The van der Waals surface area contributed by atoms with Crippen LogP contribution in [0.5, 0.6) is 5.75 Å². The number of nitrogens with two attached hydrogens (primary N) is 1. The molecular weight excluding hydrogens is 236 g/mol. The largest absolute Gasteiger partial charge is 0.495 e. The molecule has 0 bridgehead atoms. The van der Waals surface area contributed by atoms with Gasteiger partial charge in [-0.3, -0.25) is 4.72 Å². The van der Waals surface area contributed by atoms with Gasteiger partial charge in [-0.2, -0.15) is 8.42 Å². The fourth-order valence-electron chi connectivity index (χ4n) is 1.07. The first-order valence-corrected chi connectivity index (χ1v) is 5.60. The fourth-order valence-corrected chi connectivity index (χ4v) is 1.54. The van der Waals surface area contributed by atoms with Crippen LogP contribution in [0.25, 0.3) is 0 Å². The van der Waals surface area contributed by atoms with Gasteiger partial charge >= 0.3 is 5.97 Å². The molecule has 0 amide bonds. The minimum absolute atomic E-state index is 0.0232. The van der Waals surface area contributed by atoms with Crippen molar-refractivity contribution in [1.82, 2.24) is 0 Å². The average molecular weight is 246 g/mol. The standard InChI is InChI=1S/C8H10N2O5S/c1-15-7-3-2-5(8(11)12)4-6(7)10-16(9,13)14/h2-4,10H,1H3,(H,11,12)(H2,9,13,14). The van der Waals surface area contributed by atoms with Crippen LogP contribution in [0.2, 0.25) is 0 Å². The van der Waals surface area contributed by atoms with E-state index < -0.39 is 16.2 Å². The molecule has 0 aliphatic heterocycles. The van der Waals surface area contributed by atoms with E-state index in [4.69, 9.17) is 15.0 Å². The smallest absolute Gasteiger partial charge is 0.335 e. The summed E-state index contributed by atoms with van der Waals surface area (Å²) < 4.78 is 28.4. The number of carboxylic acids is 1. The van der Waals surface area contributed by atoms with Gasteiger partial charge in [-0.15, -0.1) is 0 Å². The number of hydrogen-bond donors (Lipinski definition) is 3. The first kappa shape index (κ1) is 12.3. The summed E-state index contributed by atoms with van der Waals surface area (Å²) in [7, 11) is -2.65. The average Bonchev–Trinajstić information content (AvgIpc) is 2.15. The van der Waals surface area contributed by atoms with Crippen LogP contribution >= 0.6 is 0 Å². The van der Waals surface area contributed by atoms with Crippen LogP contribution in [0.4, 0.5) is 5.69 Å². The van der Waals surface area contributed by atoms with Crippen LogP contribution in [0.1, 0.15) is 10.4 Å². The number of carboxylic acid groups (broad SMARTS) is 1. The van der Waals surface area contributed by atoms with E-state index in [9.17, 15) is 13.2 Å². The predicted molar refractivity (Wildman–Crippen MR) is 56.7 cm³/mol. The van der Waals surface area contributed by atoms with E-state index in [1.54, 1.807) is 0 Å². The zero-order valence-corrected chi connectivity index (χ0v) is 9.11. The molecule has 1 aromatic rings. The summed E-state index contributed by atoms with van der Waals surface area (Å²) in [6.45, 7) is 0. The molecule has 1 aromatic carbocycles. The van der Waals surface area contributed by atoms with Crippen molar-refractivity contribution in [3.05, 3.63) is 23.8 Å². The molecule has 1 rings (SSSR count). The Hall–Kier alpha value is -1.80. The maximum atomic E-state index is 10.8. The Labute approximate surface area is 92.0 Å². The molecule has 0 unspecified atom stereocenters. The molecule has 88 valence electrons. The van der Waals surface area contributed by atoms with Crippen molar-refractivity contribution in [2.45, 2.75) is 0 Å². The Morgan fingerprint density at radius 3 is 2.56 bits per heavy atom. The lowest BCUT2D eigenvalue weighted by Crippen LogP contribution is -2.22. The molecule has 0 saturated heterocycles. The number of methoxy groups -OCH3 is 1. The molecule has 4 N–H and O–H groups in total. The third-order valence-electron chi connectivity index (χ3n) is 1.70. The van der Waals surface area contributed by atoms with Crippen molar-refractivity contribution < 1.29 is 23.1 Å². The van der Waals surface area contributed by atoms with Gasteiger partial charge in [-0.25, -0.2) is 9.93 Å². The van der Waals surface area contributed by atoms with Crippen molar-refractivity contribution in [3.63, 3.8) is 0 Å². The van der Waals surface area contributed by atoms with E-state index in [0.29, 0.717) is 0 Å². The third kappa shape index (κ3) is 3.11. The second-order valence-electron chi connectivity index (χ2n) is 2.87. The molecule has 16 heavy (non-hydrogen) atoms. The SMILES string of the molecule is COc1ccc(C(=O)O)cc1NS(N)(=O)=O. The Balaban J connectivity index is 3.22. The van der Waals surface area contributed by atoms with Gasteiger partial charge in [0, 0.05) is 0 Å². The molecule has 7 nitrogen and oxygen atoms in total. The van der Waals surface area contributed by atoms with Gasteiger partial charge in [0.15, 0.2) is 0 Å². The van der Waals surface area contributed by atoms with Crippen LogP contribution in [0.15, 0.2) is 18.2 Å². The molecule has 0 saturated carbocycles. The number of anilines is 1. The van der Waals surface area contributed by atoms with Crippen molar-refractivity contribution in [3.8, 4) is 5.75 Å². The topological polar surface area (TPSA) is 119 Å². The summed E-state index contributed by atoms with van der Waals surface area (Å²) >= 11 is 0. The number of nitrogens with one attached hydrogen (secondary N) is 1. The number of carbonyl (C=O) groups is 1. The lowest BCUT2D eigenvalue weighted by atomic mass is 10.2. The van der Waals surface area contributed by atoms with E-state index in [0.717, 1.165) is 6.07 Å². The summed E-state index contributed by atoms with van der Waals surface area (Å²) in [6.07, 6.45) is 0. The monoisotopic (exact) mass is 246 g/mol. The molecule has 0 aromatic heterocycles. The summed E-state index contributed by atoms with van der Waals surface area (Å²) in [5.41, 5.74) is -0.100. The minimum atomic E-state index is -3.98. The Bertz CT molecular complexity index is 511. The van der Waals surface area contributed by atoms with E-state index in [1.165, 1.54) is 19.2 Å². The van der Waals surface area contributed by atoms with Crippen LogP contribution in [-0.2, 0) is 10.2 Å². The molecule has 0 spiro atoms. The molecule has 0 atom stereocenters. The van der Waals surface area contributed by atoms with Crippen LogP contribution in [0, 0.1) is 0 Å². The summed E-state index contributed by atoms with van der Waals surface area (Å²) in [5.74, 6) is -1.00. The molecule has 8 heteroatoms. The normalized spacial score (nSPS) is 10.9. The summed E-state index contributed by atoms with van der Waals surface area (Å²) in [6, 6.07) is 3.73. The first-order chi connectivity index (χ1) is 7.33. The van der Waals surface area contributed by atoms with Crippen LogP contribution in [-0.4, -0.2) is 26.6 Å². The zero-order valence-electron chi connectivity index (χ0n) is 8.30. The second kappa shape index (κ2) is 4.37. The van der Waals surface area contributed by atoms with Gasteiger partial charge in [0.05, 0.1) is 18.4 Å².